The molecule has 0 amide bonds. The van der Waals surface area contributed by atoms with E-state index >= 15 is 0 Å². The second kappa shape index (κ2) is 5.25. The Balaban J connectivity index is 1.73. The number of nitrogen functional groups attached to an aromatic ring is 1. The molecule has 4 nitrogen and oxygen atoms in total. The van der Waals surface area contributed by atoms with Crippen LogP contribution in [-0.4, -0.2) is 23.6 Å². The summed E-state index contributed by atoms with van der Waals surface area (Å²) < 4.78 is 0. The lowest BCUT2D eigenvalue weighted by atomic mass is 10.1. The molecular weight excluding hydrogens is 248 g/mol. The lowest BCUT2D eigenvalue weighted by molar-refractivity contribution is 0.850. The van der Waals surface area contributed by atoms with E-state index in [0.29, 0.717) is 0 Å². The van der Waals surface area contributed by atoms with Gasteiger partial charge in [0.1, 0.15) is 0 Å². The van der Waals surface area contributed by atoms with Crippen LogP contribution in [0.15, 0.2) is 48.5 Å². The number of hydrogen-bond donors (Lipinski definition) is 2. The number of nitrogens with zero attached hydrogens (tertiary/aromatic N) is 2. The van der Waals surface area contributed by atoms with Crippen molar-refractivity contribution in [3.8, 4) is 0 Å². The number of hydrogen-bond acceptors (Lipinski definition) is 3. The van der Waals surface area contributed by atoms with Crippen LogP contribution in [0.5, 0.6) is 0 Å². The van der Waals surface area contributed by atoms with Crippen molar-refractivity contribution in [3.05, 3.63) is 54.1 Å². The van der Waals surface area contributed by atoms with Crippen LogP contribution >= 0.6 is 0 Å². The summed E-state index contributed by atoms with van der Waals surface area (Å²) in [5, 5.41) is 0. The van der Waals surface area contributed by atoms with Crippen LogP contribution in [0.25, 0.3) is 11.0 Å². The monoisotopic (exact) mass is 266 g/mol. The molecule has 1 aromatic heterocycles. The zero-order chi connectivity index (χ0) is 13.9. The molecule has 0 bridgehead atoms. The number of nitrogens with one attached hydrogen (secondary N) is 1. The summed E-state index contributed by atoms with van der Waals surface area (Å²) >= 11 is 0. The number of benzene rings is 2. The third-order valence-electron chi connectivity index (χ3n) is 3.43. The Kier molecular flexibility index (Phi) is 3.29. The molecule has 0 spiro atoms. The van der Waals surface area contributed by atoms with Crippen LogP contribution in [0.1, 0.15) is 5.56 Å². The standard InChI is InChI=1S/C16H18N4/c1-20(10-9-12-5-3-2-4-6-12)16-18-14-8-7-13(17)11-15(14)19-16/h2-8,11H,9-10,17H2,1H3,(H,18,19). The topological polar surface area (TPSA) is 57.9 Å². The van der Waals surface area contributed by atoms with Crippen molar-refractivity contribution in [2.45, 2.75) is 6.42 Å². The van der Waals surface area contributed by atoms with Crippen LogP contribution < -0.4 is 10.6 Å². The van der Waals surface area contributed by atoms with E-state index in [1.165, 1.54) is 5.56 Å². The third-order valence-corrected chi connectivity index (χ3v) is 3.43. The van der Waals surface area contributed by atoms with E-state index in [-0.39, 0.29) is 0 Å². The Morgan fingerprint density at radius 1 is 1.15 bits per heavy atom. The molecule has 2 aromatic carbocycles. The highest BCUT2D eigenvalue weighted by Crippen LogP contribution is 2.19. The van der Waals surface area contributed by atoms with Gasteiger partial charge in [0, 0.05) is 19.3 Å². The average molecular weight is 266 g/mol. The van der Waals surface area contributed by atoms with Gasteiger partial charge in [-0.2, -0.15) is 0 Å². The molecule has 0 aliphatic carbocycles. The first-order valence-corrected chi connectivity index (χ1v) is 6.73. The van der Waals surface area contributed by atoms with Crippen molar-refractivity contribution in [1.82, 2.24) is 9.97 Å². The van der Waals surface area contributed by atoms with Crippen molar-refractivity contribution in [2.75, 3.05) is 24.2 Å². The molecule has 0 aliphatic rings. The minimum Gasteiger partial charge on any atom is -0.399 e. The molecule has 0 aliphatic heterocycles. The minimum absolute atomic E-state index is 0.750. The molecule has 102 valence electrons. The lowest BCUT2D eigenvalue weighted by Crippen LogP contribution is -2.21. The summed E-state index contributed by atoms with van der Waals surface area (Å²) in [5.74, 6) is 0.876. The number of H-pyrrole nitrogens is 1. The first-order chi connectivity index (χ1) is 9.72. The molecule has 0 saturated carbocycles. The Morgan fingerprint density at radius 3 is 2.75 bits per heavy atom. The fourth-order valence-corrected chi connectivity index (χ4v) is 2.24. The SMILES string of the molecule is CN(CCc1ccccc1)c1nc2ccc(N)cc2[nH]1. The van der Waals surface area contributed by atoms with Crippen molar-refractivity contribution in [2.24, 2.45) is 0 Å². The van der Waals surface area contributed by atoms with Gasteiger partial charge >= 0.3 is 0 Å². The molecule has 0 radical (unpaired) electrons. The van der Waals surface area contributed by atoms with E-state index in [4.69, 9.17) is 5.73 Å². The van der Waals surface area contributed by atoms with Crippen molar-refractivity contribution < 1.29 is 0 Å². The number of likely N-dealkylation sites (N-methyl/N-ethyl adjacent to an activating group) is 1. The zero-order valence-corrected chi connectivity index (χ0v) is 11.5. The van der Waals surface area contributed by atoms with Gasteiger partial charge in [-0.05, 0) is 30.2 Å². The summed E-state index contributed by atoms with van der Waals surface area (Å²) in [6.07, 6.45) is 0.997. The molecule has 1 heterocycles. The third kappa shape index (κ3) is 2.59. The average Bonchev–Trinajstić information content (AvgIpc) is 2.89. The lowest BCUT2D eigenvalue weighted by Gasteiger charge is -2.15. The van der Waals surface area contributed by atoms with Crippen molar-refractivity contribution >= 4 is 22.7 Å². The number of aromatic amines is 1. The molecule has 20 heavy (non-hydrogen) atoms. The van der Waals surface area contributed by atoms with Gasteiger partial charge in [-0.3, -0.25) is 0 Å². The van der Waals surface area contributed by atoms with Gasteiger partial charge in [-0.25, -0.2) is 4.98 Å². The van der Waals surface area contributed by atoms with Gasteiger partial charge in [-0.15, -0.1) is 0 Å². The van der Waals surface area contributed by atoms with Gasteiger partial charge in [-0.1, -0.05) is 30.3 Å². The van der Waals surface area contributed by atoms with E-state index in [1.807, 2.05) is 31.3 Å². The molecule has 3 aromatic rings. The molecule has 4 heteroatoms. The highest BCUT2D eigenvalue weighted by Gasteiger charge is 2.07. The van der Waals surface area contributed by atoms with E-state index in [9.17, 15) is 0 Å². The molecule has 0 atom stereocenters. The largest absolute Gasteiger partial charge is 0.399 e. The summed E-state index contributed by atoms with van der Waals surface area (Å²) in [5.41, 5.74) is 9.79. The molecule has 3 rings (SSSR count). The smallest absolute Gasteiger partial charge is 0.203 e. The Morgan fingerprint density at radius 2 is 1.95 bits per heavy atom. The van der Waals surface area contributed by atoms with E-state index < -0.39 is 0 Å². The van der Waals surface area contributed by atoms with E-state index in [1.54, 1.807) is 0 Å². The second-order valence-electron chi connectivity index (χ2n) is 4.99. The number of anilines is 2. The number of fused-ring (bicyclic) bond motifs is 1. The highest BCUT2D eigenvalue weighted by atomic mass is 15.2. The number of imidazole rings is 1. The fraction of sp³-hybridized carbons (Fsp3) is 0.188. The van der Waals surface area contributed by atoms with Gasteiger partial charge in [0.05, 0.1) is 11.0 Å². The predicted molar refractivity (Wildman–Crippen MR) is 83.9 cm³/mol. The van der Waals surface area contributed by atoms with Gasteiger partial charge < -0.3 is 15.6 Å². The van der Waals surface area contributed by atoms with Crippen LogP contribution in [0.2, 0.25) is 0 Å². The van der Waals surface area contributed by atoms with Crippen LogP contribution in [0.3, 0.4) is 0 Å². The van der Waals surface area contributed by atoms with Crippen LogP contribution in [0, 0.1) is 0 Å². The summed E-state index contributed by atoms with van der Waals surface area (Å²) in [6.45, 7) is 0.916. The maximum Gasteiger partial charge on any atom is 0.203 e. The van der Waals surface area contributed by atoms with Gasteiger partial charge in [0.2, 0.25) is 5.95 Å². The van der Waals surface area contributed by atoms with Crippen LogP contribution in [-0.2, 0) is 6.42 Å². The predicted octanol–water partition coefficient (Wildman–Crippen LogP) is 2.82. The maximum absolute atomic E-state index is 5.78. The van der Waals surface area contributed by atoms with Crippen LogP contribution in [0.4, 0.5) is 11.6 Å². The minimum atomic E-state index is 0.750. The highest BCUT2D eigenvalue weighted by molar-refractivity contribution is 5.80. The summed E-state index contributed by atoms with van der Waals surface area (Å²) in [6, 6.07) is 16.2. The quantitative estimate of drug-likeness (QED) is 0.714. The van der Waals surface area contributed by atoms with Gasteiger partial charge in [0.15, 0.2) is 0 Å². The summed E-state index contributed by atoms with van der Waals surface area (Å²) in [4.78, 5) is 10.0. The molecule has 3 N–H and O–H groups in total. The molecular formula is C16H18N4. The van der Waals surface area contributed by atoms with E-state index in [2.05, 4.69) is 39.1 Å². The number of nitrogens with two attached hydrogens (primary N) is 1. The molecule has 0 saturated heterocycles. The fourth-order valence-electron chi connectivity index (χ4n) is 2.24. The Labute approximate surface area is 118 Å². The maximum atomic E-state index is 5.78. The van der Waals surface area contributed by atoms with E-state index in [0.717, 1.165) is 35.6 Å². The van der Waals surface area contributed by atoms with Crippen molar-refractivity contribution in [1.29, 1.82) is 0 Å². The second-order valence-corrected chi connectivity index (χ2v) is 4.99. The zero-order valence-electron chi connectivity index (χ0n) is 11.5. The number of aromatic nitrogens is 2. The normalized spacial score (nSPS) is 10.8. The first kappa shape index (κ1) is 12.5. The Bertz CT molecular complexity index is 703. The van der Waals surface area contributed by atoms with Gasteiger partial charge in [0.25, 0.3) is 0 Å². The molecule has 0 fully saturated rings. The van der Waals surface area contributed by atoms with Crippen molar-refractivity contribution in [3.63, 3.8) is 0 Å². The first-order valence-electron chi connectivity index (χ1n) is 6.73. The molecule has 0 unspecified atom stereocenters. The number of rotatable bonds is 4. The Hall–Kier alpha value is -2.49. The summed E-state index contributed by atoms with van der Waals surface area (Å²) in [7, 11) is 2.05.